The third-order valence-electron chi connectivity index (χ3n) is 4.67. The van der Waals surface area contributed by atoms with Gasteiger partial charge in [-0.2, -0.15) is 5.10 Å². The molecule has 7 nitrogen and oxygen atoms in total. The number of nitrogens with zero attached hydrogens (tertiary/aromatic N) is 2. The van der Waals surface area contributed by atoms with Crippen LogP contribution in [0, 0.1) is 20.8 Å². The molecule has 0 bridgehead atoms. The van der Waals surface area contributed by atoms with Crippen LogP contribution in [0.2, 0.25) is 0 Å². The van der Waals surface area contributed by atoms with Gasteiger partial charge >= 0.3 is 0 Å². The summed E-state index contributed by atoms with van der Waals surface area (Å²) in [5.74, 6) is -0.237. The van der Waals surface area contributed by atoms with Crippen LogP contribution >= 0.6 is 0 Å². The molecule has 0 unspecified atom stereocenters. The molecule has 0 aliphatic carbocycles. The van der Waals surface area contributed by atoms with Gasteiger partial charge in [-0.1, -0.05) is 17.7 Å². The molecular weight excluding hydrogens is 400 g/mol. The summed E-state index contributed by atoms with van der Waals surface area (Å²) >= 11 is 0. The molecule has 3 rings (SSSR count). The number of carbonyl (C=O) groups excluding carboxylic acids is 1. The van der Waals surface area contributed by atoms with Crippen LogP contribution in [0.3, 0.4) is 0 Å². The van der Waals surface area contributed by atoms with Crippen LogP contribution in [0.4, 0.5) is 5.69 Å². The lowest BCUT2D eigenvalue weighted by molar-refractivity contribution is 0.0952. The number of sulfonamides is 1. The lowest BCUT2D eigenvalue weighted by Crippen LogP contribution is -2.25. The van der Waals surface area contributed by atoms with Gasteiger partial charge < -0.3 is 5.32 Å². The Morgan fingerprint density at radius 1 is 1.00 bits per heavy atom. The molecule has 0 saturated carbocycles. The minimum absolute atomic E-state index is 0.101. The van der Waals surface area contributed by atoms with Crippen molar-refractivity contribution in [2.45, 2.75) is 38.6 Å². The van der Waals surface area contributed by atoms with E-state index >= 15 is 0 Å². The Labute approximate surface area is 177 Å². The Kier molecular flexibility index (Phi) is 6.56. The summed E-state index contributed by atoms with van der Waals surface area (Å²) in [7, 11) is -3.71. The van der Waals surface area contributed by atoms with Crippen molar-refractivity contribution in [1.29, 1.82) is 0 Å². The van der Waals surface area contributed by atoms with Gasteiger partial charge in [0.1, 0.15) is 0 Å². The normalized spacial score (nSPS) is 11.3. The SMILES string of the molecule is Cc1ccc(NS(=O)(=O)c2ccc(C(=O)NCCCn3nc(C)cc3C)cc2)cc1. The highest BCUT2D eigenvalue weighted by Crippen LogP contribution is 2.17. The fourth-order valence-electron chi connectivity index (χ4n) is 3.06. The number of aromatic nitrogens is 2. The summed E-state index contributed by atoms with van der Waals surface area (Å²) in [4.78, 5) is 12.4. The molecule has 0 aliphatic heterocycles. The molecule has 1 amide bonds. The second kappa shape index (κ2) is 9.13. The van der Waals surface area contributed by atoms with Crippen molar-refractivity contribution in [1.82, 2.24) is 15.1 Å². The van der Waals surface area contributed by atoms with Gasteiger partial charge in [0, 0.05) is 30.0 Å². The van der Waals surface area contributed by atoms with E-state index in [1.54, 1.807) is 12.1 Å². The number of aryl methyl sites for hydroxylation is 4. The fourth-order valence-corrected chi connectivity index (χ4v) is 4.11. The van der Waals surface area contributed by atoms with E-state index in [1.165, 1.54) is 24.3 Å². The maximum absolute atomic E-state index is 12.5. The van der Waals surface area contributed by atoms with E-state index in [9.17, 15) is 13.2 Å². The minimum atomic E-state index is -3.71. The first-order chi connectivity index (χ1) is 14.2. The van der Waals surface area contributed by atoms with Crippen LogP contribution in [-0.2, 0) is 16.6 Å². The second-order valence-corrected chi connectivity index (χ2v) is 8.94. The highest BCUT2D eigenvalue weighted by Gasteiger charge is 2.15. The molecule has 2 aromatic carbocycles. The average Bonchev–Trinajstić information content (AvgIpc) is 3.04. The van der Waals surface area contributed by atoms with Crippen molar-refractivity contribution in [2.24, 2.45) is 0 Å². The summed E-state index contributed by atoms with van der Waals surface area (Å²) in [6, 6.07) is 15.0. The van der Waals surface area contributed by atoms with Crippen molar-refractivity contribution < 1.29 is 13.2 Å². The molecular formula is C22H26N4O3S. The number of rotatable bonds is 8. The highest BCUT2D eigenvalue weighted by atomic mass is 32.2. The molecule has 0 saturated heterocycles. The fraction of sp³-hybridized carbons (Fsp3) is 0.273. The Morgan fingerprint density at radius 2 is 1.67 bits per heavy atom. The van der Waals surface area contributed by atoms with Gasteiger partial charge in [0.15, 0.2) is 0 Å². The number of anilines is 1. The number of hydrogen-bond donors (Lipinski definition) is 2. The Balaban J connectivity index is 1.54. The zero-order chi connectivity index (χ0) is 21.7. The van der Waals surface area contributed by atoms with Crippen LogP contribution in [0.25, 0.3) is 0 Å². The van der Waals surface area contributed by atoms with E-state index in [0.717, 1.165) is 29.9 Å². The van der Waals surface area contributed by atoms with Gasteiger partial charge in [-0.15, -0.1) is 0 Å². The zero-order valence-electron chi connectivity index (χ0n) is 17.3. The highest BCUT2D eigenvalue weighted by molar-refractivity contribution is 7.92. The van der Waals surface area contributed by atoms with E-state index in [4.69, 9.17) is 0 Å². The lowest BCUT2D eigenvalue weighted by atomic mass is 10.2. The number of amides is 1. The monoisotopic (exact) mass is 426 g/mol. The third kappa shape index (κ3) is 5.48. The predicted molar refractivity (Wildman–Crippen MR) is 117 cm³/mol. The molecule has 1 aromatic heterocycles. The molecule has 30 heavy (non-hydrogen) atoms. The van der Waals surface area contributed by atoms with Crippen LogP contribution in [0.5, 0.6) is 0 Å². The van der Waals surface area contributed by atoms with E-state index < -0.39 is 10.0 Å². The quantitative estimate of drug-likeness (QED) is 0.540. The van der Waals surface area contributed by atoms with Crippen LogP contribution in [0.15, 0.2) is 59.5 Å². The van der Waals surface area contributed by atoms with Crippen molar-refractivity contribution in [3.63, 3.8) is 0 Å². The molecule has 8 heteroatoms. The number of nitrogens with one attached hydrogen (secondary N) is 2. The molecule has 1 heterocycles. The van der Waals surface area contributed by atoms with E-state index in [2.05, 4.69) is 15.1 Å². The molecule has 0 spiro atoms. The molecule has 0 fully saturated rings. The minimum Gasteiger partial charge on any atom is -0.352 e. The largest absolute Gasteiger partial charge is 0.352 e. The predicted octanol–water partition coefficient (Wildman–Crippen LogP) is 3.43. The molecule has 0 radical (unpaired) electrons. The number of benzene rings is 2. The standard InChI is InChI=1S/C22H26N4O3S/c1-16-5-9-20(10-6-16)25-30(28,29)21-11-7-19(8-12-21)22(27)23-13-4-14-26-18(3)15-17(2)24-26/h5-12,15,25H,4,13-14H2,1-3H3,(H,23,27). The van der Waals surface area contributed by atoms with Crippen molar-refractivity contribution in [3.05, 3.63) is 77.1 Å². The van der Waals surface area contributed by atoms with E-state index in [1.807, 2.05) is 43.7 Å². The summed E-state index contributed by atoms with van der Waals surface area (Å²) in [6.07, 6.45) is 0.751. The third-order valence-corrected chi connectivity index (χ3v) is 6.06. The summed E-state index contributed by atoms with van der Waals surface area (Å²) in [5.41, 5.74) is 4.02. The number of hydrogen-bond acceptors (Lipinski definition) is 4. The molecule has 0 atom stereocenters. The number of carbonyl (C=O) groups is 1. The van der Waals surface area contributed by atoms with Crippen molar-refractivity contribution in [3.8, 4) is 0 Å². The average molecular weight is 427 g/mol. The van der Waals surface area contributed by atoms with Gasteiger partial charge in [0.2, 0.25) is 0 Å². The molecule has 158 valence electrons. The Morgan fingerprint density at radius 3 is 2.27 bits per heavy atom. The van der Waals surface area contributed by atoms with Crippen molar-refractivity contribution in [2.75, 3.05) is 11.3 Å². The van der Waals surface area contributed by atoms with Gasteiger partial charge in [-0.25, -0.2) is 8.42 Å². The van der Waals surface area contributed by atoms with Crippen LogP contribution < -0.4 is 10.0 Å². The van der Waals surface area contributed by atoms with Gasteiger partial charge in [-0.05, 0) is 69.7 Å². The summed E-state index contributed by atoms with van der Waals surface area (Å²) in [6.45, 7) is 7.11. The summed E-state index contributed by atoms with van der Waals surface area (Å²) in [5, 5.41) is 7.25. The second-order valence-electron chi connectivity index (χ2n) is 7.26. The maximum atomic E-state index is 12.5. The Hall–Kier alpha value is -3.13. The van der Waals surface area contributed by atoms with Crippen LogP contribution in [-0.4, -0.2) is 30.7 Å². The van der Waals surface area contributed by atoms with Crippen molar-refractivity contribution >= 4 is 21.6 Å². The smallest absolute Gasteiger partial charge is 0.261 e. The molecule has 0 aliphatic rings. The van der Waals surface area contributed by atoms with Gasteiger partial charge in [-0.3, -0.25) is 14.2 Å². The lowest BCUT2D eigenvalue weighted by Gasteiger charge is -2.10. The zero-order valence-corrected chi connectivity index (χ0v) is 18.2. The summed E-state index contributed by atoms with van der Waals surface area (Å²) < 4.78 is 29.5. The first-order valence-corrected chi connectivity index (χ1v) is 11.2. The van der Waals surface area contributed by atoms with Gasteiger partial charge in [0.25, 0.3) is 15.9 Å². The molecule has 2 N–H and O–H groups in total. The Bertz CT molecular complexity index is 1120. The van der Waals surface area contributed by atoms with Crippen LogP contribution in [0.1, 0.15) is 33.7 Å². The van der Waals surface area contributed by atoms with E-state index in [-0.39, 0.29) is 10.8 Å². The topological polar surface area (TPSA) is 93.1 Å². The van der Waals surface area contributed by atoms with E-state index in [0.29, 0.717) is 17.8 Å². The first kappa shape index (κ1) is 21.6. The maximum Gasteiger partial charge on any atom is 0.261 e. The molecule has 3 aromatic rings. The van der Waals surface area contributed by atoms with Gasteiger partial charge in [0.05, 0.1) is 10.6 Å². The first-order valence-electron chi connectivity index (χ1n) is 9.73.